The second-order valence-electron chi connectivity index (χ2n) is 3.24. The Labute approximate surface area is 71.5 Å². The fraction of sp³-hybridized carbons (Fsp3) is 0.556. The van der Waals surface area contributed by atoms with Crippen molar-refractivity contribution in [3.8, 4) is 0 Å². The molecule has 0 amide bonds. The van der Waals surface area contributed by atoms with Gasteiger partial charge in [0, 0.05) is 24.5 Å². The number of rotatable bonds is 1. The van der Waals surface area contributed by atoms with Gasteiger partial charge in [0.25, 0.3) is 0 Å². The van der Waals surface area contributed by atoms with Gasteiger partial charge in [0.05, 0.1) is 11.8 Å². The highest BCUT2D eigenvalue weighted by molar-refractivity contribution is 5.07. The van der Waals surface area contributed by atoms with Crippen LogP contribution < -0.4 is 0 Å². The van der Waals surface area contributed by atoms with Crippen LogP contribution in [0.4, 0.5) is 0 Å². The van der Waals surface area contributed by atoms with E-state index >= 15 is 0 Å². The lowest BCUT2D eigenvalue weighted by Crippen LogP contribution is -2.12. The van der Waals surface area contributed by atoms with E-state index in [0.29, 0.717) is 0 Å². The highest BCUT2D eigenvalue weighted by Gasteiger charge is 2.27. The summed E-state index contributed by atoms with van der Waals surface area (Å²) in [6, 6.07) is 0. The predicted octanol–water partition coefficient (Wildman–Crippen LogP) is 1.10. The van der Waals surface area contributed by atoms with Gasteiger partial charge in [-0.1, -0.05) is 6.42 Å². The molecule has 1 fully saturated rings. The normalized spacial score (nSPS) is 29.1. The minimum Gasteiger partial charge on any atom is -0.392 e. The van der Waals surface area contributed by atoms with Gasteiger partial charge in [0.2, 0.25) is 0 Å². The minimum atomic E-state index is -0.207. The van der Waals surface area contributed by atoms with Gasteiger partial charge in [-0.2, -0.15) is 0 Å². The van der Waals surface area contributed by atoms with Crippen LogP contribution >= 0.6 is 0 Å². The van der Waals surface area contributed by atoms with Crippen molar-refractivity contribution in [2.24, 2.45) is 0 Å². The van der Waals surface area contributed by atoms with Gasteiger partial charge in [-0.25, -0.2) is 0 Å². The maximum Gasteiger partial charge on any atom is 0.0643 e. The third kappa shape index (κ3) is 1.32. The third-order valence-electron chi connectivity index (χ3n) is 2.44. The summed E-state index contributed by atoms with van der Waals surface area (Å²) in [4.78, 5) is 8.18. The van der Waals surface area contributed by atoms with Crippen LogP contribution in [0.15, 0.2) is 18.6 Å². The van der Waals surface area contributed by atoms with Gasteiger partial charge in [0.1, 0.15) is 0 Å². The van der Waals surface area contributed by atoms with Crippen molar-refractivity contribution in [3.05, 3.63) is 24.3 Å². The summed E-state index contributed by atoms with van der Waals surface area (Å²) in [5.41, 5.74) is 0.933. The molecule has 0 aromatic carbocycles. The van der Waals surface area contributed by atoms with Crippen molar-refractivity contribution < 1.29 is 5.11 Å². The summed E-state index contributed by atoms with van der Waals surface area (Å²) in [6.07, 6.45) is 7.93. The Balaban J connectivity index is 2.19. The lowest BCUT2D eigenvalue weighted by atomic mass is 10.0. The van der Waals surface area contributed by atoms with Gasteiger partial charge in [-0.05, 0) is 12.8 Å². The molecule has 0 radical (unpaired) electrons. The van der Waals surface area contributed by atoms with Crippen LogP contribution in [0.1, 0.15) is 30.9 Å². The van der Waals surface area contributed by atoms with Crippen LogP contribution in [0, 0.1) is 0 Å². The molecule has 0 spiro atoms. The molecule has 2 rings (SSSR count). The van der Waals surface area contributed by atoms with Gasteiger partial charge >= 0.3 is 0 Å². The monoisotopic (exact) mass is 164 g/mol. The largest absolute Gasteiger partial charge is 0.392 e. The maximum absolute atomic E-state index is 9.57. The topological polar surface area (TPSA) is 46.0 Å². The Morgan fingerprint density at radius 3 is 2.83 bits per heavy atom. The first-order chi connectivity index (χ1) is 5.88. The van der Waals surface area contributed by atoms with E-state index in [-0.39, 0.29) is 12.0 Å². The van der Waals surface area contributed by atoms with E-state index in [0.717, 1.165) is 25.0 Å². The molecule has 1 heterocycles. The molecule has 0 bridgehead atoms. The Bertz CT molecular complexity index is 250. The molecule has 1 N–H and O–H groups in total. The summed E-state index contributed by atoms with van der Waals surface area (Å²) in [5, 5.41) is 9.57. The van der Waals surface area contributed by atoms with Gasteiger partial charge < -0.3 is 5.11 Å². The molecule has 0 saturated heterocycles. The molecular weight excluding hydrogens is 152 g/mol. The first kappa shape index (κ1) is 7.68. The fourth-order valence-corrected chi connectivity index (χ4v) is 1.79. The average molecular weight is 164 g/mol. The Morgan fingerprint density at radius 2 is 2.25 bits per heavy atom. The summed E-state index contributed by atoms with van der Waals surface area (Å²) in [7, 11) is 0. The smallest absolute Gasteiger partial charge is 0.0643 e. The lowest BCUT2D eigenvalue weighted by molar-refractivity contribution is 0.162. The van der Waals surface area contributed by atoms with Crippen molar-refractivity contribution >= 4 is 0 Å². The quantitative estimate of drug-likeness (QED) is 0.676. The average Bonchev–Trinajstić information content (AvgIpc) is 2.53. The van der Waals surface area contributed by atoms with Crippen molar-refractivity contribution in [1.82, 2.24) is 9.97 Å². The zero-order valence-corrected chi connectivity index (χ0v) is 6.85. The van der Waals surface area contributed by atoms with Crippen LogP contribution in [0.2, 0.25) is 0 Å². The van der Waals surface area contributed by atoms with E-state index in [4.69, 9.17) is 0 Å². The van der Waals surface area contributed by atoms with Crippen molar-refractivity contribution in [3.63, 3.8) is 0 Å². The molecule has 1 aromatic heterocycles. The van der Waals surface area contributed by atoms with Gasteiger partial charge in [-0.3, -0.25) is 9.97 Å². The Hall–Kier alpha value is -0.960. The first-order valence-corrected chi connectivity index (χ1v) is 4.32. The van der Waals surface area contributed by atoms with Crippen molar-refractivity contribution in [1.29, 1.82) is 0 Å². The van der Waals surface area contributed by atoms with Crippen molar-refractivity contribution in [2.75, 3.05) is 0 Å². The molecule has 64 valence electrons. The van der Waals surface area contributed by atoms with E-state index in [9.17, 15) is 5.11 Å². The second kappa shape index (κ2) is 3.19. The van der Waals surface area contributed by atoms with Crippen LogP contribution in [-0.2, 0) is 0 Å². The van der Waals surface area contributed by atoms with E-state index in [1.54, 1.807) is 18.6 Å². The highest BCUT2D eigenvalue weighted by atomic mass is 16.3. The van der Waals surface area contributed by atoms with E-state index in [1.165, 1.54) is 0 Å². The third-order valence-corrected chi connectivity index (χ3v) is 2.44. The van der Waals surface area contributed by atoms with Crippen LogP contribution in [0.3, 0.4) is 0 Å². The van der Waals surface area contributed by atoms with Crippen LogP contribution in [-0.4, -0.2) is 21.2 Å². The van der Waals surface area contributed by atoms with E-state index in [2.05, 4.69) is 9.97 Å². The molecule has 2 atom stereocenters. The molecular formula is C9H12N2O. The zero-order valence-electron chi connectivity index (χ0n) is 6.85. The number of aliphatic hydroxyl groups excluding tert-OH is 1. The lowest BCUT2D eigenvalue weighted by Gasteiger charge is -2.12. The molecule has 1 aliphatic rings. The van der Waals surface area contributed by atoms with Gasteiger partial charge in [0.15, 0.2) is 0 Å². The molecule has 1 saturated carbocycles. The maximum atomic E-state index is 9.57. The molecule has 1 aromatic rings. The molecule has 2 unspecified atom stereocenters. The summed E-state index contributed by atoms with van der Waals surface area (Å²) < 4.78 is 0. The number of aromatic nitrogens is 2. The first-order valence-electron chi connectivity index (χ1n) is 4.32. The number of aliphatic hydroxyl groups is 1. The van der Waals surface area contributed by atoms with Crippen molar-refractivity contribution in [2.45, 2.75) is 31.3 Å². The summed E-state index contributed by atoms with van der Waals surface area (Å²) in [6.45, 7) is 0. The standard InChI is InChI=1S/C9H12N2O/c12-9-3-1-2-7(9)8-6-10-4-5-11-8/h4-7,9,12H,1-3H2. The Morgan fingerprint density at radius 1 is 1.33 bits per heavy atom. The molecule has 3 nitrogen and oxygen atoms in total. The fourth-order valence-electron chi connectivity index (χ4n) is 1.79. The second-order valence-corrected chi connectivity index (χ2v) is 3.24. The molecule has 3 heteroatoms. The Kier molecular flexibility index (Phi) is 2.04. The SMILES string of the molecule is OC1CCCC1c1cnccn1. The van der Waals surface area contributed by atoms with E-state index < -0.39 is 0 Å². The van der Waals surface area contributed by atoms with Crippen LogP contribution in [0.25, 0.3) is 0 Å². The van der Waals surface area contributed by atoms with Gasteiger partial charge in [-0.15, -0.1) is 0 Å². The predicted molar refractivity (Wildman–Crippen MR) is 44.6 cm³/mol. The number of nitrogens with zero attached hydrogens (tertiary/aromatic N) is 2. The minimum absolute atomic E-state index is 0.207. The molecule has 0 aliphatic heterocycles. The number of hydrogen-bond acceptors (Lipinski definition) is 3. The molecule has 12 heavy (non-hydrogen) atoms. The molecule has 1 aliphatic carbocycles. The number of hydrogen-bond donors (Lipinski definition) is 1. The summed E-state index contributed by atoms with van der Waals surface area (Å²) in [5.74, 6) is 0.221. The zero-order chi connectivity index (χ0) is 8.39. The van der Waals surface area contributed by atoms with Crippen LogP contribution in [0.5, 0.6) is 0 Å². The van der Waals surface area contributed by atoms with E-state index in [1.807, 2.05) is 0 Å². The highest BCUT2D eigenvalue weighted by Crippen LogP contribution is 2.32. The summed E-state index contributed by atoms with van der Waals surface area (Å²) >= 11 is 0.